The predicted molar refractivity (Wildman–Crippen MR) is 57.3 cm³/mol. The summed E-state index contributed by atoms with van der Waals surface area (Å²) >= 11 is 0. The van der Waals surface area contributed by atoms with Gasteiger partial charge in [-0.3, -0.25) is 0 Å². The minimum Gasteiger partial charge on any atom is -0.396 e. The zero-order valence-corrected chi connectivity index (χ0v) is 11.7. The predicted octanol–water partition coefficient (Wildman–Crippen LogP) is 4.32. The molecule has 0 aromatic carbocycles. The Morgan fingerprint density at radius 1 is 0.870 bits per heavy atom. The summed E-state index contributed by atoms with van der Waals surface area (Å²) in [6.45, 7) is -1.42. The highest BCUT2D eigenvalue weighted by molar-refractivity contribution is 5.12. The highest BCUT2D eigenvalue weighted by Gasteiger charge is 2.89. The zero-order chi connectivity index (χ0) is 18.7. The Kier molecular flexibility index (Phi) is 6.76. The zero-order valence-electron chi connectivity index (χ0n) is 11.7. The Morgan fingerprint density at radius 3 is 1.70 bits per heavy atom. The van der Waals surface area contributed by atoms with Gasteiger partial charge in [0.15, 0.2) is 0 Å². The van der Waals surface area contributed by atoms with Crippen molar-refractivity contribution in [2.24, 2.45) is 0 Å². The van der Waals surface area contributed by atoms with E-state index in [9.17, 15) is 43.9 Å². The average Bonchev–Trinajstić information content (AvgIpc) is 2.35. The first kappa shape index (κ1) is 22.2. The van der Waals surface area contributed by atoms with E-state index in [0.29, 0.717) is 0 Å². The molecule has 1 unspecified atom stereocenters. The summed E-state index contributed by atoms with van der Waals surface area (Å²) in [5.74, 6) is -12.8. The molecule has 0 radical (unpaired) electrons. The van der Waals surface area contributed by atoms with E-state index in [0.717, 1.165) is 6.92 Å². The molecule has 1 atom stereocenters. The van der Waals surface area contributed by atoms with Crippen LogP contribution in [0, 0.1) is 0 Å². The Morgan fingerprint density at radius 2 is 1.35 bits per heavy atom. The minimum atomic E-state index is -7.10. The van der Waals surface area contributed by atoms with Crippen LogP contribution in [0.1, 0.15) is 26.2 Å². The number of ether oxygens (including phenoxy) is 1. The standard InChI is InChI=1S/C11H14F10O2/c1-2-4-7(12,13)8(14,9(15,16)10(17,18)19)11(20,21)23-6-3-5-22/h22H,2-6H2,1H3. The molecule has 0 aliphatic rings. The summed E-state index contributed by atoms with van der Waals surface area (Å²) in [5, 5.41) is 8.30. The topological polar surface area (TPSA) is 29.5 Å². The van der Waals surface area contributed by atoms with E-state index in [2.05, 4.69) is 4.74 Å². The lowest BCUT2D eigenvalue weighted by atomic mass is 9.85. The number of alkyl halides is 10. The molecule has 0 bridgehead atoms. The van der Waals surface area contributed by atoms with Crippen molar-refractivity contribution in [1.82, 2.24) is 0 Å². The van der Waals surface area contributed by atoms with E-state index in [1.165, 1.54) is 0 Å². The Labute approximate surface area is 124 Å². The summed E-state index contributed by atoms with van der Waals surface area (Å²) in [4.78, 5) is 0. The molecule has 0 amide bonds. The molecule has 0 saturated carbocycles. The van der Waals surface area contributed by atoms with Crippen LogP contribution in [0.15, 0.2) is 0 Å². The number of aliphatic hydroxyl groups is 1. The molecule has 0 saturated heterocycles. The van der Waals surface area contributed by atoms with Crippen LogP contribution < -0.4 is 0 Å². The van der Waals surface area contributed by atoms with E-state index in [1.807, 2.05) is 0 Å². The molecule has 2 nitrogen and oxygen atoms in total. The van der Waals surface area contributed by atoms with Gasteiger partial charge in [-0.05, 0) is 6.42 Å². The monoisotopic (exact) mass is 368 g/mol. The van der Waals surface area contributed by atoms with Crippen LogP contribution in [-0.4, -0.2) is 48.1 Å². The van der Waals surface area contributed by atoms with Gasteiger partial charge in [0, 0.05) is 13.0 Å². The summed E-state index contributed by atoms with van der Waals surface area (Å²) in [6, 6.07) is 0. The maximum atomic E-state index is 14.1. The van der Waals surface area contributed by atoms with Gasteiger partial charge in [0.2, 0.25) is 0 Å². The Balaban J connectivity index is 6.11. The highest BCUT2D eigenvalue weighted by atomic mass is 19.4. The van der Waals surface area contributed by atoms with Crippen molar-refractivity contribution in [1.29, 1.82) is 0 Å². The van der Waals surface area contributed by atoms with Gasteiger partial charge in [-0.25, -0.2) is 13.2 Å². The number of rotatable bonds is 9. The Hall–Kier alpha value is -0.780. The number of hydrogen-bond acceptors (Lipinski definition) is 2. The molecule has 0 aromatic rings. The molecule has 0 aromatic heterocycles. The third-order valence-corrected chi connectivity index (χ3v) is 2.84. The van der Waals surface area contributed by atoms with Crippen molar-refractivity contribution >= 4 is 0 Å². The quantitative estimate of drug-likeness (QED) is 0.485. The van der Waals surface area contributed by atoms with E-state index < -0.39 is 62.3 Å². The van der Waals surface area contributed by atoms with E-state index in [4.69, 9.17) is 5.11 Å². The molecule has 0 spiro atoms. The van der Waals surface area contributed by atoms with Gasteiger partial charge in [-0.15, -0.1) is 0 Å². The summed E-state index contributed by atoms with van der Waals surface area (Å²) in [6.07, 6.45) is -16.7. The van der Waals surface area contributed by atoms with Gasteiger partial charge in [-0.1, -0.05) is 13.3 Å². The average molecular weight is 368 g/mol. The van der Waals surface area contributed by atoms with Crippen molar-refractivity contribution in [2.75, 3.05) is 13.2 Å². The third kappa shape index (κ3) is 3.83. The van der Waals surface area contributed by atoms with Crippen molar-refractivity contribution in [2.45, 2.75) is 56.0 Å². The molecule has 0 aliphatic heterocycles. The largest absolute Gasteiger partial charge is 0.457 e. The minimum absolute atomic E-state index is 0.720. The van der Waals surface area contributed by atoms with Gasteiger partial charge in [0.05, 0.1) is 6.61 Å². The van der Waals surface area contributed by atoms with Crippen LogP contribution in [0.4, 0.5) is 43.9 Å². The lowest BCUT2D eigenvalue weighted by Crippen LogP contribution is -2.72. The van der Waals surface area contributed by atoms with Crippen molar-refractivity contribution in [3.63, 3.8) is 0 Å². The van der Waals surface area contributed by atoms with Crippen molar-refractivity contribution in [3.8, 4) is 0 Å². The summed E-state index contributed by atoms with van der Waals surface area (Å²) in [5.41, 5.74) is -6.66. The first-order valence-corrected chi connectivity index (χ1v) is 6.26. The molecule has 0 aliphatic carbocycles. The number of aliphatic hydroxyl groups excluding tert-OH is 1. The smallest absolute Gasteiger partial charge is 0.396 e. The van der Waals surface area contributed by atoms with Crippen molar-refractivity contribution < 1.29 is 53.7 Å². The first-order chi connectivity index (χ1) is 10.1. The van der Waals surface area contributed by atoms with E-state index >= 15 is 0 Å². The van der Waals surface area contributed by atoms with Crippen LogP contribution in [0.25, 0.3) is 0 Å². The molecular formula is C11H14F10O2. The fourth-order valence-corrected chi connectivity index (χ4v) is 1.67. The van der Waals surface area contributed by atoms with Gasteiger partial charge >= 0.3 is 23.9 Å². The van der Waals surface area contributed by atoms with E-state index in [-0.39, 0.29) is 0 Å². The van der Waals surface area contributed by atoms with Crippen LogP contribution in [0.2, 0.25) is 0 Å². The molecule has 12 heteroatoms. The fraction of sp³-hybridized carbons (Fsp3) is 1.00. The van der Waals surface area contributed by atoms with Crippen LogP contribution >= 0.6 is 0 Å². The lowest BCUT2D eigenvalue weighted by molar-refractivity contribution is -0.446. The van der Waals surface area contributed by atoms with Gasteiger partial charge in [0.25, 0.3) is 5.92 Å². The second-order valence-electron chi connectivity index (χ2n) is 4.63. The fourth-order valence-electron chi connectivity index (χ4n) is 1.67. The molecule has 1 N–H and O–H groups in total. The van der Waals surface area contributed by atoms with Crippen LogP contribution in [0.3, 0.4) is 0 Å². The third-order valence-electron chi connectivity index (χ3n) is 2.84. The van der Waals surface area contributed by atoms with Gasteiger partial charge in [0.1, 0.15) is 0 Å². The highest BCUT2D eigenvalue weighted by Crippen LogP contribution is 2.59. The molecule has 140 valence electrons. The van der Waals surface area contributed by atoms with Crippen LogP contribution in [-0.2, 0) is 4.74 Å². The molecule has 0 heterocycles. The maximum absolute atomic E-state index is 14.1. The number of halogens is 10. The SMILES string of the molecule is CCCC(F)(F)C(F)(C(F)(F)OCCCO)C(F)(F)C(F)(F)F. The molecular weight excluding hydrogens is 354 g/mol. The Bertz CT molecular complexity index is 381. The molecule has 0 rings (SSSR count). The second-order valence-corrected chi connectivity index (χ2v) is 4.63. The maximum Gasteiger partial charge on any atom is 0.457 e. The van der Waals surface area contributed by atoms with Crippen molar-refractivity contribution in [3.05, 3.63) is 0 Å². The lowest BCUT2D eigenvalue weighted by Gasteiger charge is -2.42. The second kappa shape index (κ2) is 6.99. The van der Waals surface area contributed by atoms with Crippen LogP contribution in [0.5, 0.6) is 0 Å². The first-order valence-electron chi connectivity index (χ1n) is 6.26. The van der Waals surface area contributed by atoms with E-state index in [1.54, 1.807) is 0 Å². The molecule has 23 heavy (non-hydrogen) atoms. The molecule has 0 fully saturated rings. The summed E-state index contributed by atoms with van der Waals surface area (Å²) in [7, 11) is 0. The summed E-state index contributed by atoms with van der Waals surface area (Å²) < 4.78 is 135. The number of hydrogen-bond donors (Lipinski definition) is 1. The normalized spacial score (nSPS) is 17.2. The van der Waals surface area contributed by atoms with Gasteiger partial charge in [-0.2, -0.15) is 30.7 Å². The van der Waals surface area contributed by atoms with Gasteiger partial charge < -0.3 is 9.84 Å².